The quantitative estimate of drug-likeness (QED) is 0.508. The predicted octanol–water partition coefficient (Wildman–Crippen LogP) is 4.11. The average Bonchev–Trinajstić information content (AvgIpc) is 2.25. The molecule has 0 spiro atoms. The molecule has 120 valence electrons. The Bertz CT molecular complexity index is 311. The molecule has 0 saturated heterocycles. The average molecular weight is 298 g/mol. The standard InChI is InChI=1S/C14H27BF4O/c1-7-10(2)11(3,4)8-9-20-12(5,6)13(15,16)14(17,18)19/h10H,7-9,15H2,1-6H3. The smallest absolute Gasteiger partial charge is 0.373 e. The summed E-state index contributed by atoms with van der Waals surface area (Å²) in [6, 6.07) is 0. The first-order chi connectivity index (χ1) is 8.69. The lowest BCUT2D eigenvalue weighted by Gasteiger charge is -2.40. The van der Waals surface area contributed by atoms with Crippen LogP contribution in [0.15, 0.2) is 0 Å². The fraction of sp³-hybridized carbons (Fsp3) is 1.00. The van der Waals surface area contributed by atoms with Gasteiger partial charge in [0, 0.05) is 6.61 Å². The Morgan fingerprint density at radius 1 is 1.05 bits per heavy atom. The summed E-state index contributed by atoms with van der Waals surface area (Å²) in [4.78, 5) is 0. The molecule has 2 atom stereocenters. The molecule has 0 N–H and O–H groups in total. The van der Waals surface area contributed by atoms with Gasteiger partial charge in [-0.15, -0.1) is 0 Å². The van der Waals surface area contributed by atoms with Crippen molar-refractivity contribution >= 4 is 7.85 Å². The largest absolute Gasteiger partial charge is 0.416 e. The van der Waals surface area contributed by atoms with E-state index in [1.54, 1.807) is 0 Å². The van der Waals surface area contributed by atoms with Gasteiger partial charge in [-0.25, -0.2) is 4.39 Å². The third-order valence-electron chi connectivity index (χ3n) is 4.82. The molecule has 2 unspecified atom stereocenters. The molecule has 0 fully saturated rings. The lowest BCUT2D eigenvalue weighted by molar-refractivity contribution is -0.256. The van der Waals surface area contributed by atoms with Crippen LogP contribution in [0.2, 0.25) is 0 Å². The van der Waals surface area contributed by atoms with Crippen molar-refractivity contribution in [2.24, 2.45) is 11.3 Å². The molecule has 0 aliphatic heterocycles. The third kappa shape index (κ3) is 4.37. The molecule has 0 saturated carbocycles. The molecule has 0 aliphatic rings. The second-order valence-electron chi connectivity index (χ2n) is 6.91. The number of hydrogen-bond donors (Lipinski definition) is 0. The van der Waals surface area contributed by atoms with Gasteiger partial charge in [-0.3, -0.25) is 0 Å². The topological polar surface area (TPSA) is 9.23 Å². The molecule has 0 aliphatic carbocycles. The Kier molecular flexibility index (Phi) is 6.16. The predicted molar refractivity (Wildman–Crippen MR) is 76.3 cm³/mol. The Labute approximate surface area is 120 Å². The molecular weight excluding hydrogens is 271 g/mol. The zero-order valence-corrected chi connectivity index (χ0v) is 13.6. The summed E-state index contributed by atoms with van der Waals surface area (Å²) in [5, 5.41) is 0. The minimum atomic E-state index is -4.94. The van der Waals surface area contributed by atoms with Crippen molar-refractivity contribution in [3.8, 4) is 0 Å². The minimum Gasteiger partial charge on any atom is -0.373 e. The van der Waals surface area contributed by atoms with Crippen molar-refractivity contribution in [3.05, 3.63) is 0 Å². The summed E-state index contributed by atoms with van der Waals surface area (Å²) in [6.07, 6.45) is -3.36. The molecule has 0 rings (SSSR count). The molecule has 0 radical (unpaired) electrons. The third-order valence-corrected chi connectivity index (χ3v) is 4.82. The SMILES string of the molecule is BC(F)(C(F)(F)F)C(C)(C)OCCC(C)(C)C(C)CC. The van der Waals surface area contributed by atoms with Crippen LogP contribution >= 0.6 is 0 Å². The molecule has 0 aromatic rings. The summed E-state index contributed by atoms with van der Waals surface area (Å²) < 4.78 is 57.4. The molecule has 0 amide bonds. The van der Waals surface area contributed by atoms with Crippen LogP contribution in [0.5, 0.6) is 0 Å². The zero-order chi connectivity index (χ0) is 16.4. The summed E-state index contributed by atoms with van der Waals surface area (Å²) in [6.45, 7) is 10.7. The van der Waals surface area contributed by atoms with Gasteiger partial charge in [-0.1, -0.05) is 34.1 Å². The van der Waals surface area contributed by atoms with Gasteiger partial charge < -0.3 is 4.74 Å². The molecule has 0 aromatic heterocycles. The second-order valence-corrected chi connectivity index (χ2v) is 6.91. The van der Waals surface area contributed by atoms with Gasteiger partial charge in [0.1, 0.15) is 0 Å². The normalized spacial score (nSPS) is 18.7. The van der Waals surface area contributed by atoms with Crippen molar-refractivity contribution < 1.29 is 22.3 Å². The Morgan fingerprint density at radius 2 is 1.50 bits per heavy atom. The first-order valence-corrected chi connectivity index (χ1v) is 7.08. The van der Waals surface area contributed by atoms with Crippen LogP contribution in [0.25, 0.3) is 0 Å². The highest BCUT2D eigenvalue weighted by Gasteiger charge is 2.61. The maximum Gasteiger partial charge on any atom is 0.416 e. The molecule has 6 heteroatoms. The Hall–Kier alpha value is -0.255. The second kappa shape index (κ2) is 6.24. The molecule has 20 heavy (non-hydrogen) atoms. The van der Waals surface area contributed by atoms with E-state index in [0.29, 0.717) is 20.2 Å². The van der Waals surface area contributed by atoms with E-state index >= 15 is 0 Å². The van der Waals surface area contributed by atoms with E-state index in [-0.39, 0.29) is 12.0 Å². The van der Waals surface area contributed by atoms with Gasteiger partial charge >= 0.3 is 6.18 Å². The molecule has 0 aromatic carbocycles. The number of rotatable bonds is 7. The van der Waals surface area contributed by atoms with Crippen molar-refractivity contribution in [1.29, 1.82) is 0 Å². The Morgan fingerprint density at radius 3 is 1.85 bits per heavy atom. The van der Waals surface area contributed by atoms with E-state index in [2.05, 4.69) is 27.7 Å². The van der Waals surface area contributed by atoms with Crippen LogP contribution in [0.3, 0.4) is 0 Å². The van der Waals surface area contributed by atoms with E-state index in [4.69, 9.17) is 4.74 Å². The van der Waals surface area contributed by atoms with E-state index < -0.39 is 17.3 Å². The molecule has 1 nitrogen and oxygen atoms in total. The van der Waals surface area contributed by atoms with Crippen LogP contribution in [0.1, 0.15) is 54.4 Å². The highest BCUT2D eigenvalue weighted by molar-refractivity contribution is 6.16. The van der Waals surface area contributed by atoms with Gasteiger partial charge in [0.25, 0.3) is 0 Å². The van der Waals surface area contributed by atoms with Crippen molar-refractivity contribution in [3.63, 3.8) is 0 Å². The van der Waals surface area contributed by atoms with Crippen LogP contribution in [0, 0.1) is 11.3 Å². The van der Waals surface area contributed by atoms with Crippen LogP contribution in [-0.2, 0) is 4.74 Å². The lowest BCUT2D eigenvalue weighted by atomic mass is 9.70. The highest BCUT2D eigenvalue weighted by atomic mass is 19.4. The summed E-state index contributed by atoms with van der Waals surface area (Å²) in [5.41, 5.74) is -5.33. The van der Waals surface area contributed by atoms with Crippen molar-refractivity contribution in [2.75, 3.05) is 6.61 Å². The molecule has 0 heterocycles. The fourth-order valence-electron chi connectivity index (χ4n) is 1.85. The number of ether oxygens (including phenoxy) is 1. The van der Waals surface area contributed by atoms with Crippen molar-refractivity contribution in [2.45, 2.75) is 71.7 Å². The number of halogens is 4. The Balaban J connectivity index is 4.67. The van der Waals surface area contributed by atoms with Gasteiger partial charge in [0.2, 0.25) is 0 Å². The van der Waals surface area contributed by atoms with E-state index in [9.17, 15) is 17.6 Å². The number of alkyl halides is 4. The van der Waals surface area contributed by atoms with E-state index in [1.807, 2.05) is 0 Å². The van der Waals surface area contributed by atoms with Gasteiger partial charge in [-0.05, 0) is 31.6 Å². The molecule has 0 bridgehead atoms. The first kappa shape index (κ1) is 19.7. The fourth-order valence-corrected chi connectivity index (χ4v) is 1.85. The van der Waals surface area contributed by atoms with E-state index in [0.717, 1.165) is 20.3 Å². The van der Waals surface area contributed by atoms with Crippen LogP contribution in [0.4, 0.5) is 17.6 Å². The van der Waals surface area contributed by atoms with Gasteiger partial charge in [0.05, 0.1) is 5.60 Å². The van der Waals surface area contributed by atoms with Gasteiger partial charge in [0.15, 0.2) is 13.4 Å². The molecular formula is C14H27BF4O. The maximum absolute atomic E-state index is 14.0. The summed E-state index contributed by atoms with van der Waals surface area (Å²) in [5.74, 6) is 0.425. The van der Waals surface area contributed by atoms with Crippen molar-refractivity contribution in [1.82, 2.24) is 0 Å². The van der Waals surface area contributed by atoms with Crippen LogP contribution in [-0.4, -0.2) is 31.8 Å². The zero-order valence-electron chi connectivity index (χ0n) is 13.6. The van der Waals surface area contributed by atoms with Crippen LogP contribution < -0.4 is 0 Å². The van der Waals surface area contributed by atoms with E-state index in [1.165, 1.54) is 0 Å². The maximum atomic E-state index is 14.0. The lowest BCUT2D eigenvalue weighted by Crippen LogP contribution is -2.59. The number of hydrogen-bond acceptors (Lipinski definition) is 1. The summed E-state index contributed by atoms with van der Waals surface area (Å²) in [7, 11) is 0.535. The monoisotopic (exact) mass is 298 g/mol. The first-order valence-electron chi connectivity index (χ1n) is 7.08. The minimum absolute atomic E-state index is 0.0459. The van der Waals surface area contributed by atoms with Gasteiger partial charge in [-0.2, -0.15) is 13.2 Å². The highest BCUT2D eigenvalue weighted by Crippen LogP contribution is 2.42. The summed E-state index contributed by atoms with van der Waals surface area (Å²) >= 11 is 0.